The normalized spacial score (nSPS) is 9.61. The molecule has 1 aromatic heterocycles. The fraction of sp³-hybridized carbons (Fsp3) is 0.0909. The van der Waals surface area contributed by atoms with Crippen molar-refractivity contribution in [3.05, 3.63) is 35.1 Å². The summed E-state index contributed by atoms with van der Waals surface area (Å²) in [4.78, 5) is 11.7. The molecule has 1 aromatic carbocycles. The summed E-state index contributed by atoms with van der Waals surface area (Å²) in [6.45, 7) is 0. The summed E-state index contributed by atoms with van der Waals surface area (Å²) in [6, 6.07) is 8.67. The summed E-state index contributed by atoms with van der Waals surface area (Å²) in [5.41, 5.74) is 0.548. The molecule has 0 radical (unpaired) electrons. The van der Waals surface area contributed by atoms with Crippen LogP contribution in [0.5, 0.6) is 11.8 Å². The molecule has 0 saturated carbocycles. The van der Waals surface area contributed by atoms with Crippen LogP contribution in [0, 0.1) is 11.3 Å². The first-order valence-electron chi connectivity index (χ1n) is 4.98. The minimum atomic E-state index is 0.0398. The lowest BCUT2D eigenvalue weighted by molar-refractivity contribution is 0.440. The van der Waals surface area contributed by atoms with Gasteiger partial charge in [-0.05, 0) is 35.9 Å². The van der Waals surface area contributed by atoms with Crippen LogP contribution in [0.3, 0.4) is 0 Å². The highest BCUT2D eigenvalue weighted by atomic mass is 35.5. The zero-order chi connectivity index (χ0) is 13.0. The van der Waals surface area contributed by atoms with Gasteiger partial charge in [0, 0.05) is 7.05 Å². The van der Waals surface area contributed by atoms with Gasteiger partial charge in [-0.2, -0.15) is 20.2 Å². The van der Waals surface area contributed by atoms with Crippen molar-refractivity contribution in [2.45, 2.75) is 0 Å². The molecule has 0 aliphatic heterocycles. The minimum Gasteiger partial charge on any atom is -0.424 e. The Kier molecular flexibility index (Phi) is 3.55. The highest BCUT2D eigenvalue weighted by molar-refractivity contribution is 6.28. The first kappa shape index (κ1) is 12.1. The molecule has 1 N–H and O–H groups in total. The molecule has 18 heavy (non-hydrogen) atoms. The van der Waals surface area contributed by atoms with Crippen LogP contribution in [-0.2, 0) is 0 Å². The Morgan fingerprint density at radius 2 is 1.94 bits per heavy atom. The fourth-order valence-corrected chi connectivity index (χ4v) is 1.34. The van der Waals surface area contributed by atoms with Gasteiger partial charge in [-0.3, -0.25) is 0 Å². The zero-order valence-electron chi connectivity index (χ0n) is 9.38. The van der Waals surface area contributed by atoms with E-state index < -0.39 is 0 Å². The van der Waals surface area contributed by atoms with E-state index in [1.54, 1.807) is 31.3 Å². The highest BCUT2D eigenvalue weighted by Crippen LogP contribution is 2.20. The molecule has 2 rings (SSSR count). The predicted octanol–water partition coefficient (Wildman–Crippen LogP) is 2.23. The largest absolute Gasteiger partial charge is 0.424 e. The zero-order valence-corrected chi connectivity index (χ0v) is 10.1. The third-order valence-corrected chi connectivity index (χ3v) is 2.17. The molecule has 0 bridgehead atoms. The van der Waals surface area contributed by atoms with Gasteiger partial charge < -0.3 is 10.1 Å². The van der Waals surface area contributed by atoms with Crippen LogP contribution in [0.15, 0.2) is 24.3 Å². The standard InChI is InChI=1S/C11H8ClN5O/c1-14-10-15-9(12)16-11(17-10)18-8-4-2-7(6-13)3-5-8/h2-5H,1H3,(H,14,15,16,17). The average Bonchev–Trinajstić information content (AvgIpc) is 2.39. The Bertz CT molecular complexity index is 593. The second kappa shape index (κ2) is 5.29. The first-order chi connectivity index (χ1) is 8.71. The maximum absolute atomic E-state index is 8.67. The van der Waals surface area contributed by atoms with E-state index >= 15 is 0 Å². The van der Waals surface area contributed by atoms with Crippen molar-refractivity contribution < 1.29 is 4.74 Å². The molecule has 0 atom stereocenters. The van der Waals surface area contributed by atoms with E-state index in [2.05, 4.69) is 20.3 Å². The number of hydrogen-bond acceptors (Lipinski definition) is 6. The lowest BCUT2D eigenvalue weighted by Gasteiger charge is -2.05. The first-order valence-corrected chi connectivity index (χ1v) is 5.36. The minimum absolute atomic E-state index is 0.0398. The molecule has 6 nitrogen and oxygen atoms in total. The van der Waals surface area contributed by atoms with E-state index in [-0.39, 0.29) is 11.3 Å². The maximum atomic E-state index is 8.67. The summed E-state index contributed by atoms with van der Waals surface area (Å²) < 4.78 is 5.41. The Labute approximate surface area is 108 Å². The van der Waals surface area contributed by atoms with Crippen molar-refractivity contribution in [1.82, 2.24) is 15.0 Å². The Morgan fingerprint density at radius 3 is 2.56 bits per heavy atom. The third-order valence-electron chi connectivity index (χ3n) is 2.00. The Balaban J connectivity index is 2.22. The topological polar surface area (TPSA) is 83.7 Å². The van der Waals surface area contributed by atoms with Gasteiger partial charge >= 0.3 is 6.01 Å². The molecule has 0 unspecified atom stereocenters. The SMILES string of the molecule is CNc1nc(Cl)nc(Oc2ccc(C#N)cc2)n1. The van der Waals surface area contributed by atoms with Gasteiger partial charge in [-0.1, -0.05) is 0 Å². The number of anilines is 1. The van der Waals surface area contributed by atoms with E-state index in [1.807, 2.05) is 6.07 Å². The number of nitriles is 1. The molecular weight excluding hydrogens is 254 g/mol. The molecule has 90 valence electrons. The van der Waals surface area contributed by atoms with E-state index in [4.69, 9.17) is 21.6 Å². The summed E-state index contributed by atoms with van der Waals surface area (Å²) in [7, 11) is 1.66. The van der Waals surface area contributed by atoms with Crippen LogP contribution in [0.25, 0.3) is 0 Å². The number of rotatable bonds is 3. The monoisotopic (exact) mass is 261 g/mol. The van der Waals surface area contributed by atoms with Crippen LogP contribution in [0.1, 0.15) is 5.56 Å². The number of hydrogen-bond donors (Lipinski definition) is 1. The van der Waals surface area contributed by atoms with Crippen molar-refractivity contribution in [3.8, 4) is 17.8 Å². The molecule has 0 aliphatic carbocycles. The molecule has 7 heteroatoms. The second-order valence-electron chi connectivity index (χ2n) is 3.20. The third kappa shape index (κ3) is 2.84. The number of nitrogens with zero attached hydrogens (tertiary/aromatic N) is 4. The Morgan fingerprint density at radius 1 is 1.22 bits per heavy atom. The van der Waals surface area contributed by atoms with E-state index in [1.165, 1.54) is 0 Å². The van der Waals surface area contributed by atoms with Crippen LogP contribution in [0.2, 0.25) is 5.28 Å². The predicted molar refractivity (Wildman–Crippen MR) is 65.6 cm³/mol. The molecule has 0 aliphatic rings. The summed E-state index contributed by atoms with van der Waals surface area (Å²) >= 11 is 5.72. The van der Waals surface area contributed by atoms with Gasteiger partial charge in [0.05, 0.1) is 11.6 Å². The van der Waals surface area contributed by atoms with E-state index in [0.29, 0.717) is 17.3 Å². The van der Waals surface area contributed by atoms with E-state index in [0.717, 1.165) is 0 Å². The summed E-state index contributed by atoms with van der Waals surface area (Å²) in [6.07, 6.45) is 0. The molecule has 0 spiro atoms. The number of halogens is 1. The summed E-state index contributed by atoms with van der Waals surface area (Å²) in [5, 5.41) is 11.5. The molecule has 0 fully saturated rings. The molecule has 0 saturated heterocycles. The highest BCUT2D eigenvalue weighted by Gasteiger charge is 2.06. The van der Waals surface area contributed by atoms with Crippen molar-refractivity contribution in [2.75, 3.05) is 12.4 Å². The number of nitrogens with one attached hydrogen (secondary N) is 1. The average molecular weight is 262 g/mol. The number of ether oxygens (including phenoxy) is 1. The molecule has 0 amide bonds. The quantitative estimate of drug-likeness (QED) is 0.912. The van der Waals surface area contributed by atoms with Gasteiger partial charge in [0.25, 0.3) is 0 Å². The summed E-state index contributed by atoms with van der Waals surface area (Å²) in [5.74, 6) is 0.831. The number of benzene rings is 1. The second-order valence-corrected chi connectivity index (χ2v) is 3.54. The Hall–Kier alpha value is -2.39. The molecular formula is C11H8ClN5O. The van der Waals surface area contributed by atoms with Gasteiger partial charge in [-0.15, -0.1) is 0 Å². The number of aromatic nitrogens is 3. The van der Waals surface area contributed by atoms with Crippen LogP contribution >= 0.6 is 11.6 Å². The maximum Gasteiger partial charge on any atom is 0.328 e. The lowest BCUT2D eigenvalue weighted by atomic mass is 10.2. The van der Waals surface area contributed by atoms with Crippen molar-refractivity contribution in [3.63, 3.8) is 0 Å². The van der Waals surface area contributed by atoms with Crippen LogP contribution in [-0.4, -0.2) is 22.0 Å². The fourth-order valence-electron chi connectivity index (χ4n) is 1.19. The lowest BCUT2D eigenvalue weighted by Crippen LogP contribution is -2.01. The van der Waals surface area contributed by atoms with E-state index in [9.17, 15) is 0 Å². The van der Waals surface area contributed by atoms with Gasteiger partial charge in [-0.25, -0.2) is 0 Å². The molecule has 2 aromatic rings. The van der Waals surface area contributed by atoms with Crippen LogP contribution in [0.4, 0.5) is 5.95 Å². The smallest absolute Gasteiger partial charge is 0.328 e. The van der Waals surface area contributed by atoms with Crippen molar-refractivity contribution in [1.29, 1.82) is 5.26 Å². The van der Waals surface area contributed by atoms with Crippen molar-refractivity contribution in [2.24, 2.45) is 0 Å². The van der Waals surface area contributed by atoms with Gasteiger partial charge in [0.1, 0.15) is 5.75 Å². The van der Waals surface area contributed by atoms with Gasteiger partial charge in [0.2, 0.25) is 11.2 Å². The van der Waals surface area contributed by atoms with Gasteiger partial charge in [0.15, 0.2) is 0 Å². The molecule has 1 heterocycles. The van der Waals surface area contributed by atoms with Crippen molar-refractivity contribution >= 4 is 17.5 Å². The van der Waals surface area contributed by atoms with Crippen LogP contribution < -0.4 is 10.1 Å².